The average molecular weight is 240 g/mol. The first kappa shape index (κ1) is 11.7. The van der Waals surface area contributed by atoms with Gasteiger partial charge in [-0.05, 0) is 31.4 Å². The van der Waals surface area contributed by atoms with Crippen LogP contribution in [0.4, 0.5) is 5.82 Å². The third-order valence-corrected chi connectivity index (χ3v) is 3.75. The minimum absolute atomic E-state index is 0.0536. The van der Waals surface area contributed by atoms with Crippen LogP contribution in [0.2, 0.25) is 5.02 Å². The molecule has 3 N–H and O–H groups in total. The Hall–Kier alpha value is -0.800. The summed E-state index contributed by atoms with van der Waals surface area (Å²) >= 11 is 6.02. The summed E-state index contributed by atoms with van der Waals surface area (Å²) in [6.07, 6.45) is 3.87. The van der Waals surface area contributed by atoms with Crippen molar-refractivity contribution in [2.75, 3.05) is 12.3 Å². The Labute approximate surface area is 101 Å². The molecule has 0 saturated carbocycles. The van der Waals surface area contributed by atoms with Crippen LogP contribution in [-0.2, 0) is 5.54 Å². The lowest BCUT2D eigenvalue weighted by Gasteiger charge is -2.35. The number of rotatable bonds is 2. The van der Waals surface area contributed by atoms with Crippen LogP contribution in [0.15, 0.2) is 12.3 Å². The van der Waals surface area contributed by atoms with E-state index in [1.807, 2.05) is 6.07 Å². The van der Waals surface area contributed by atoms with Crippen LogP contribution in [0, 0.1) is 5.92 Å². The van der Waals surface area contributed by atoms with E-state index in [2.05, 4.69) is 24.1 Å². The van der Waals surface area contributed by atoms with E-state index in [0.717, 1.165) is 18.5 Å². The summed E-state index contributed by atoms with van der Waals surface area (Å²) in [4.78, 5) is 4.16. The van der Waals surface area contributed by atoms with Crippen molar-refractivity contribution in [2.24, 2.45) is 5.92 Å². The maximum Gasteiger partial charge on any atom is 0.128 e. The maximum atomic E-state index is 6.02. The minimum atomic E-state index is -0.0536. The van der Waals surface area contributed by atoms with Gasteiger partial charge in [0.25, 0.3) is 0 Å². The van der Waals surface area contributed by atoms with Crippen LogP contribution in [0.1, 0.15) is 32.3 Å². The van der Waals surface area contributed by atoms with Crippen molar-refractivity contribution < 1.29 is 0 Å². The van der Waals surface area contributed by atoms with Gasteiger partial charge in [0.15, 0.2) is 0 Å². The molecule has 1 aromatic heterocycles. The van der Waals surface area contributed by atoms with Crippen LogP contribution in [0.3, 0.4) is 0 Å². The first-order valence-electron chi connectivity index (χ1n) is 5.73. The molecule has 2 rings (SSSR count). The molecule has 1 atom stereocenters. The molecule has 16 heavy (non-hydrogen) atoms. The number of hydrogen-bond donors (Lipinski definition) is 2. The number of nitrogens with zero attached hydrogens (tertiary/aromatic N) is 1. The Balaban J connectivity index is 2.50. The molecule has 4 heteroatoms. The van der Waals surface area contributed by atoms with Crippen molar-refractivity contribution in [3.8, 4) is 0 Å². The highest BCUT2D eigenvalue weighted by Crippen LogP contribution is 2.40. The van der Waals surface area contributed by atoms with Gasteiger partial charge in [0.05, 0.1) is 5.02 Å². The van der Waals surface area contributed by atoms with Crippen molar-refractivity contribution in [1.82, 2.24) is 10.3 Å². The van der Waals surface area contributed by atoms with Gasteiger partial charge in [0.1, 0.15) is 5.82 Å². The number of nitrogen functional groups attached to an aromatic ring is 1. The second-order valence-corrected chi connectivity index (χ2v) is 5.18. The number of nitrogens with two attached hydrogens (primary N) is 1. The summed E-state index contributed by atoms with van der Waals surface area (Å²) in [5, 5.41) is 4.23. The van der Waals surface area contributed by atoms with E-state index in [1.54, 1.807) is 6.20 Å². The highest BCUT2D eigenvalue weighted by molar-refractivity contribution is 6.30. The van der Waals surface area contributed by atoms with E-state index in [4.69, 9.17) is 17.3 Å². The molecule has 0 amide bonds. The standard InChI is InChI=1S/C12H18ClN3/c1-8(2)12(4-3-5-16-12)10-6-9(13)7-15-11(10)14/h6-8,16H,3-5H2,1-2H3,(H2,14,15). The smallest absolute Gasteiger partial charge is 0.128 e. The molecule has 1 aliphatic heterocycles. The van der Waals surface area contributed by atoms with Crippen LogP contribution in [-0.4, -0.2) is 11.5 Å². The van der Waals surface area contributed by atoms with Gasteiger partial charge in [-0.1, -0.05) is 25.4 Å². The van der Waals surface area contributed by atoms with Gasteiger partial charge in [-0.2, -0.15) is 0 Å². The maximum absolute atomic E-state index is 6.02. The third-order valence-electron chi connectivity index (χ3n) is 3.54. The number of nitrogens with one attached hydrogen (secondary N) is 1. The first-order valence-corrected chi connectivity index (χ1v) is 6.10. The lowest BCUT2D eigenvalue weighted by atomic mass is 9.79. The number of halogens is 1. The Morgan fingerprint density at radius 1 is 1.56 bits per heavy atom. The summed E-state index contributed by atoms with van der Waals surface area (Å²) in [5.74, 6) is 1.06. The second kappa shape index (κ2) is 4.22. The molecule has 1 aliphatic rings. The molecule has 0 radical (unpaired) electrons. The van der Waals surface area contributed by atoms with Gasteiger partial charge in [-0.3, -0.25) is 0 Å². The van der Waals surface area contributed by atoms with Crippen LogP contribution < -0.4 is 11.1 Å². The zero-order valence-corrected chi connectivity index (χ0v) is 10.5. The number of anilines is 1. The van der Waals surface area contributed by atoms with Crippen LogP contribution in [0.25, 0.3) is 0 Å². The average Bonchev–Trinajstić information content (AvgIpc) is 2.71. The van der Waals surface area contributed by atoms with E-state index in [-0.39, 0.29) is 5.54 Å². The molecule has 2 heterocycles. The third kappa shape index (κ3) is 1.78. The van der Waals surface area contributed by atoms with E-state index >= 15 is 0 Å². The summed E-state index contributed by atoms with van der Waals surface area (Å²) < 4.78 is 0. The summed E-state index contributed by atoms with van der Waals surface area (Å²) in [6.45, 7) is 5.45. The molecule has 0 aliphatic carbocycles. The Kier molecular flexibility index (Phi) is 3.08. The van der Waals surface area contributed by atoms with Gasteiger partial charge >= 0.3 is 0 Å². The lowest BCUT2D eigenvalue weighted by molar-refractivity contribution is 0.278. The normalized spacial score (nSPS) is 25.2. The first-order chi connectivity index (χ1) is 7.56. The summed E-state index contributed by atoms with van der Waals surface area (Å²) in [7, 11) is 0. The molecular formula is C12H18ClN3. The van der Waals surface area contributed by atoms with Gasteiger partial charge in [-0.25, -0.2) is 4.98 Å². The Morgan fingerprint density at radius 3 is 2.88 bits per heavy atom. The molecule has 88 valence electrons. The predicted molar refractivity (Wildman–Crippen MR) is 67.4 cm³/mol. The van der Waals surface area contributed by atoms with Gasteiger partial charge in [-0.15, -0.1) is 0 Å². The molecule has 1 fully saturated rings. The van der Waals surface area contributed by atoms with Gasteiger partial charge in [0, 0.05) is 17.3 Å². The highest BCUT2D eigenvalue weighted by atomic mass is 35.5. The number of hydrogen-bond acceptors (Lipinski definition) is 3. The van der Waals surface area contributed by atoms with Crippen molar-refractivity contribution in [3.05, 3.63) is 22.8 Å². The molecule has 0 bridgehead atoms. The predicted octanol–water partition coefficient (Wildman–Crippen LogP) is 2.55. The minimum Gasteiger partial charge on any atom is -0.383 e. The zero-order valence-electron chi connectivity index (χ0n) is 9.76. The fourth-order valence-corrected chi connectivity index (χ4v) is 2.77. The van der Waals surface area contributed by atoms with Crippen molar-refractivity contribution in [2.45, 2.75) is 32.2 Å². The van der Waals surface area contributed by atoms with Crippen LogP contribution >= 0.6 is 11.6 Å². The fourth-order valence-electron chi connectivity index (χ4n) is 2.61. The van der Waals surface area contributed by atoms with E-state index in [9.17, 15) is 0 Å². The van der Waals surface area contributed by atoms with Crippen molar-refractivity contribution in [3.63, 3.8) is 0 Å². The molecule has 0 spiro atoms. The quantitative estimate of drug-likeness (QED) is 0.834. The summed E-state index contributed by atoms with van der Waals surface area (Å²) in [5.41, 5.74) is 6.98. The Bertz CT molecular complexity index is 384. The Morgan fingerprint density at radius 2 is 2.31 bits per heavy atom. The molecule has 1 aromatic rings. The molecular weight excluding hydrogens is 222 g/mol. The fraction of sp³-hybridized carbons (Fsp3) is 0.583. The van der Waals surface area contributed by atoms with Gasteiger partial charge < -0.3 is 11.1 Å². The highest BCUT2D eigenvalue weighted by Gasteiger charge is 2.40. The van der Waals surface area contributed by atoms with E-state index < -0.39 is 0 Å². The topological polar surface area (TPSA) is 50.9 Å². The largest absolute Gasteiger partial charge is 0.383 e. The number of pyridine rings is 1. The molecule has 3 nitrogen and oxygen atoms in total. The second-order valence-electron chi connectivity index (χ2n) is 4.74. The monoisotopic (exact) mass is 239 g/mol. The van der Waals surface area contributed by atoms with E-state index in [0.29, 0.717) is 16.8 Å². The van der Waals surface area contributed by atoms with E-state index in [1.165, 1.54) is 6.42 Å². The zero-order chi connectivity index (χ0) is 11.8. The molecule has 1 saturated heterocycles. The van der Waals surface area contributed by atoms with Crippen molar-refractivity contribution >= 4 is 17.4 Å². The molecule has 0 aromatic carbocycles. The summed E-state index contributed by atoms with van der Waals surface area (Å²) in [6, 6.07) is 1.95. The lowest BCUT2D eigenvalue weighted by Crippen LogP contribution is -2.42. The van der Waals surface area contributed by atoms with Crippen LogP contribution in [0.5, 0.6) is 0 Å². The molecule has 1 unspecified atom stereocenters. The SMILES string of the molecule is CC(C)C1(c2cc(Cl)cnc2N)CCCN1. The number of aromatic nitrogens is 1. The van der Waals surface area contributed by atoms with Gasteiger partial charge in [0.2, 0.25) is 0 Å². The van der Waals surface area contributed by atoms with Crippen molar-refractivity contribution in [1.29, 1.82) is 0 Å².